The first kappa shape index (κ1) is 22.1. The Labute approximate surface area is 180 Å². The number of esters is 1. The number of hydrogen-bond donors (Lipinski definition) is 0. The van der Waals surface area contributed by atoms with Crippen LogP contribution in [-0.4, -0.2) is 48.4 Å². The van der Waals surface area contributed by atoms with Crippen LogP contribution in [0.1, 0.15) is 19.4 Å². The van der Waals surface area contributed by atoms with E-state index in [1.54, 1.807) is 18.2 Å². The van der Waals surface area contributed by atoms with Crippen molar-refractivity contribution in [3.05, 3.63) is 26.2 Å². The number of carbonyl (C=O) groups is 3. The largest absolute Gasteiger partial charge is 0.490 e. The van der Waals surface area contributed by atoms with Crippen LogP contribution in [0.3, 0.4) is 0 Å². The highest BCUT2D eigenvalue weighted by Gasteiger charge is 2.41. The zero-order valence-electron chi connectivity index (χ0n) is 15.5. The van der Waals surface area contributed by atoms with Gasteiger partial charge in [0.25, 0.3) is 11.1 Å². The maximum Gasteiger partial charge on any atom is 0.328 e. The van der Waals surface area contributed by atoms with Crippen LogP contribution >= 0.6 is 34.4 Å². The molecule has 1 atom stereocenters. The van der Waals surface area contributed by atoms with E-state index in [9.17, 15) is 14.4 Å². The number of halogens is 1. The predicted octanol–water partition coefficient (Wildman–Crippen LogP) is 3.30. The summed E-state index contributed by atoms with van der Waals surface area (Å²) in [6.45, 7) is 3.79. The second-order valence-electron chi connectivity index (χ2n) is 5.51. The van der Waals surface area contributed by atoms with Crippen LogP contribution in [0.15, 0.2) is 17.0 Å². The second kappa shape index (κ2) is 9.84. The van der Waals surface area contributed by atoms with E-state index >= 15 is 0 Å². The van der Waals surface area contributed by atoms with Crippen LogP contribution < -0.4 is 9.47 Å². The van der Waals surface area contributed by atoms with Gasteiger partial charge in [0.05, 0.1) is 22.2 Å². The Morgan fingerprint density at radius 2 is 2.11 bits per heavy atom. The molecule has 1 aliphatic heterocycles. The van der Waals surface area contributed by atoms with Crippen LogP contribution in [0.2, 0.25) is 0 Å². The van der Waals surface area contributed by atoms with Gasteiger partial charge >= 0.3 is 5.97 Å². The molecule has 0 unspecified atom stereocenters. The minimum Gasteiger partial charge on any atom is -0.490 e. The van der Waals surface area contributed by atoms with E-state index in [2.05, 4.69) is 33.2 Å². The lowest BCUT2D eigenvalue weighted by Gasteiger charge is -2.18. The van der Waals surface area contributed by atoms with Gasteiger partial charge in [-0.05, 0) is 72.0 Å². The predicted molar refractivity (Wildman–Crippen MR) is 114 cm³/mol. The lowest BCUT2D eigenvalue weighted by atomic mass is 10.1. The first-order chi connectivity index (χ1) is 13.3. The zero-order valence-corrected chi connectivity index (χ0v) is 18.5. The molecule has 148 valence electrons. The van der Waals surface area contributed by atoms with E-state index in [0.29, 0.717) is 23.7 Å². The molecule has 1 aromatic carbocycles. The molecule has 0 saturated carbocycles. The number of benzene rings is 1. The molecule has 0 spiro atoms. The summed E-state index contributed by atoms with van der Waals surface area (Å²) in [7, 11) is 1.20. The van der Waals surface area contributed by atoms with Crippen molar-refractivity contribution >= 4 is 57.5 Å². The number of thioether (sulfide) groups is 1. The van der Waals surface area contributed by atoms with Crippen LogP contribution in [0.4, 0.5) is 4.79 Å². The molecule has 2 amide bonds. The van der Waals surface area contributed by atoms with Gasteiger partial charge in [0.2, 0.25) is 0 Å². The number of ether oxygens (including phenoxy) is 3. The highest BCUT2D eigenvalue weighted by atomic mass is 127. The molecule has 1 aliphatic rings. The summed E-state index contributed by atoms with van der Waals surface area (Å²) in [5, 5.41) is -0.525. The van der Waals surface area contributed by atoms with E-state index < -0.39 is 23.2 Å². The second-order valence-corrected chi connectivity index (χ2v) is 7.66. The quantitative estimate of drug-likeness (QED) is 0.239. The van der Waals surface area contributed by atoms with Crippen molar-refractivity contribution in [1.82, 2.24) is 4.90 Å². The number of carbonyl (C=O) groups excluding carboxylic acids is 3. The van der Waals surface area contributed by atoms with E-state index in [0.717, 1.165) is 20.2 Å². The van der Waals surface area contributed by atoms with Crippen LogP contribution in [0.25, 0.3) is 6.08 Å². The van der Waals surface area contributed by atoms with Crippen molar-refractivity contribution in [2.24, 2.45) is 0 Å². The Balaban J connectivity index is 2.37. The summed E-state index contributed by atoms with van der Waals surface area (Å²) >= 11 is 2.85. The summed E-state index contributed by atoms with van der Waals surface area (Å²) in [6.07, 6.45) is 6.82. The lowest BCUT2D eigenvalue weighted by molar-refractivity contribution is -0.148. The van der Waals surface area contributed by atoms with Gasteiger partial charge < -0.3 is 14.2 Å². The molecule has 1 saturated heterocycles. The molecule has 7 nitrogen and oxygen atoms in total. The summed E-state index contributed by atoms with van der Waals surface area (Å²) in [4.78, 5) is 37.6. The Morgan fingerprint density at radius 3 is 2.71 bits per heavy atom. The standard InChI is InChI=1S/C19H18INO6S/c1-5-7-27-16-13(20)8-12(9-14(16)26-6-2)10-15-17(22)21(19(24)28-15)11(3)18(23)25-4/h1,8-11H,6-7H2,2-4H3/b15-10+/t11-/m0/s1. The molecule has 2 rings (SSSR count). The van der Waals surface area contributed by atoms with Crippen molar-refractivity contribution < 1.29 is 28.6 Å². The minimum atomic E-state index is -0.998. The third-order valence-corrected chi connectivity index (χ3v) is 5.37. The molecular formula is C19H18INO6S. The minimum absolute atomic E-state index is 0.0970. The lowest BCUT2D eigenvalue weighted by Crippen LogP contribution is -2.42. The fourth-order valence-electron chi connectivity index (χ4n) is 2.43. The summed E-state index contributed by atoms with van der Waals surface area (Å²) < 4.78 is 16.5. The molecule has 1 heterocycles. The first-order valence-corrected chi connectivity index (χ1v) is 10.1. The summed E-state index contributed by atoms with van der Waals surface area (Å²) in [5.41, 5.74) is 0.650. The van der Waals surface area contributed by atoms with Gasteiger partial charge in [0, 0.05) is 0 Å². The number of amides is 2. The van der Waals surface area contributed by atoms with Gasteiger partial charge in [-0.1, -0.05) is 5.92 Å². The van der Waals surface area contributed by atoms with E-state index in [-0.39, 0.29) is 11.5 Å². The molecule has 9 heteroatoms. The van der Waals surface area contributed by atoms with Crippen molar-refractivity contribution in [3.63, 3.8) is 0 Å². The van der Waals surface area contributed by atoms with Gasteiger partial charge in [0.1, 0.15) is 12.6 Å². The molecule has 0 aromatic heterocycles. The molecule has 0 bridgehead atoms. The van der Waals surface area contributed by atoms with E-state index in [1.807, 2.05) is 6.92 Å². The molecule has 1 aromatic rings. The molecular weight excluding hydrogens is 497 g/mol. The fourth-order valence-corrected chi connectivity index (χ4v) is 4.12. The van der Waals surface area contributed by atoms with Crippen molar-refractivity contribution in [2.75, 3.05) is 20.3 Å². The van der Waals surface area contributed by atoms with Gasteiger partial charge in [-0.25, -0.2) is 4.79 Å². The number of hydrogen-bond acceptors (Lipinski definition) is 7. The van der Waals surface area contributed by atoms with Crippen molar-refractivity contribution in [2.45, 2.75) is 19.9 Å². The Hall–Kier alpha value is -2.19. The van der Waals surface area contributed by atoms with E-state index in [1.165, 1.54) is 14.0 Å². The molecule has 1 fully saturated rings. The average Bonchev–Trinajstić information content (AvgIpc) is 2.93. The molecule has 0 aliphatic carbocycles. The normalized spacial score (nSPS) is 16.1. The van der Waals surface area contributed by atoms with Gasteiger partial charge in [-0.3, -0.25) is 14.5 Å². The van der Waals surface area contributed by atoms with Crippen LogP contribution in [0.5, 0.6) is 11.5 Å². The maximum absolute atomic E-state index is 12.6. The highest BCUT2D eigenvalue weighted by molar-refractivity contribution is 14.1. The number of nitrogens with zero attached hydrogens (tertiary/aromatic N) is 1. The highest BCUT2D eigenvalue weighted by Crippen LogP contribution is 2.38. The van der Waals surface area contributed by atoms with Crippen molar-refractivity contribution in [3.8, 4) is 23.8 Å². The number of terminal acetylenes is 1. The third-order valence-electron chi connectivity index (χ3n) is 3.68. The Morgan fingerprint density at radius 1 is 1.39 bits per heavy atom. The number of rotatable bonds is 7. The fraction of sp³-hybridized carbons (Fsp3) is 0.316. The molecule has 0 radical (unpaired) electrons. The Bertz CT molecular complexity index is 876. The first-order valence-electron chi connectivity index (χ1n) is 8.21. The zero-order chi connectivity index (χ0) is 20.8. The van der Waals surface area contributed by atoms with Gasteiger partial charge in [-0.2, -0.15) is 0 Å². The SMILES string of the molecule is C#CCOc1c(I)cc(/C=C2/SC(=O)N([C@@H](C)C(=O)OC)C2=O)cc1OCC. The molecule has 28 heavy (non-hydrogen) atoms. The monoisotopic (exact) mass is 515 g/mol. The average molecular weight is 515 g/mol. The number of imide groups is 1. The summed E-state index contributed by atoms with van der Waals surface area (Å²) in [6, 6.07) is 2.49. The molecule has 0 N–H and O–H groups in total. The smallest absolute Gasteiger partial charge is 0.328 e. The van der Waals surface area contributed by atoms with E-state index in [4.69, 9.17) is 15.9 Å². The summed E-state index contributed by atoms with van der Waals surface area (Å²) in [5.74, 6) is 2.20. The maximum atomic E-state index is 12.6. The van der Waals surface area contributed by atoms with Gasteiger partial charge in [0.15, 0.2) is 11.5 Å². The number of methoxy groups -OCH3 is 1. The third kappa shape index (κ3) is 4.80. The van der Waals surface area contributed by atoms with Crippen molar-refractivity contribution in [1.29, 1.82) is 0 Å². The topological polar surface area (TPSA) is 82.1 Å². The van der Waals surface area contributed by atoms with Gasteiger partial charge in [-0.15, -0.1) is 6.42 Å². The van der Waals surface area contributed by atoms with Crippen LogP contribution in [0, 0.1) is 15.9 Å². The Kier molecular flexibility index (Phi) is 7.77. The van der Waals surface area contributed by atoms with Crippen LogP contribution in [-0.2, 0) is 14.3 Å².